The van der Waals surface area contributed by atoms with Crippen LogP contribution in [-0.4, -0.2) is 60.9 Å². The van der Waals surface area contributed by atoms with E-state index in [1.54, 1.807) is 72.7 Å². The van der Waals surface area contributed by atoms with E-state index < -0.39 is 41.2 Å². The van der Waals surface area contributed by atoms with Crippen molar-refractivity contribution in [3.8, 4) is 0 Å². The summed E-state index contributed by atoms with van der Waals surface area (Å²) in [6.45, 7) is 13.0. The van der Waals surface area contributed by atoms with Crippen molar-refractivity contribution in [2.45, 2.75) is 91.3 Å². The number of benzene rings is 1. The molecular formula is C28H44N4O7. The fraction of sp³-hybridized carbons (Fsp3) is 0.607. The zero-order valence-corrected chi connectivity index (χ0v) is 24.2. The summed E-state index contributed by atoms with van der Waals surface area (Å²) >= 11 is 0. The van der Waals surface area contributed by atoms with Crippen molar-refractivity contribution in [1.29, 1.82) is 0 Å². The molecule has 0 bridgehead atoms. The van der Waals surface area contributed by atoms with Crippen LogP contribution < -0.4 is 16.0 Å². The Bertz CT molecular complexity index is 934. The number of rotatable bonds is 11. The van der Waals surface area contributed by atoms with Crippen LogP contribution in [0.2, 0.25) is 0 Å². The molecule has 0 radical (unpaired) electrons. The van der Waals surface area contributed by atoms with Gasteiger partial charge in [0.1, 0.15) is 11.2 Å². The Morgan fingerprint density at radius 3 is 1.87 bits per heavy atom. The third kappa shape index (κ3) is 15.4. The molecule has 0 saturated carbocycles. The van der Waals surface area contributed by atoms with Gasteiger partial charge in [0.05, 0.1) is 6.61 Å². The average molecular weight is 549 g/mol. The molecule has 11 nitrogen and oxygen atoms in total. The highest BCUT2D eigenvalue weighted by atomic mass is 16.6. The maximum absolute atomic E-state index is 12.7. The summed E-state index contributed by atoms with van der Waals surface area (Å²) in [5.74, 6) is -2.03. The minimum atomic E-state index is -1.01. The molecule has 0 spiro atoms. The molecule has 3 amide bonds. The summed E-state index contributed by atoms with van der Waals surface area (Å²) in [6.07, 6.45) is 1.50. The van der Waals surface area contributed by atoms with Crippen LogP contribution in [0.3, 0.4) is 0 Å². The highest BCUT2D eigenvalue weighted by molar-refractivity contribution is 6.03. The van der Waals surface area contributed by atoms with Gasteiger partial charge in [0.25, 0.3) is 0 Å². The first-order chi connectivity index (χ1) is 18.2. The second kappa shape index (κ2) is 16.4. The molecule has 0 aliphatic rings. The number of nitrogens with one attached hydrogen (secondary N) is 3. The molecule has 0 aromatic heterocycles. The SMILES string of the molecule is CCOC(=O)C(C(=O)NCCCCCCN=C(NC(=O)OC(C)(C)C)NC(=O)OC(C)(C)C)c1ccccc1. The number of unbranched alkanes of at least 4 members (excludes halogenated alkanes) is 3. The van der Waals surface area contributed by atoms with Gasteiger partial charge in [-0.05, 0) is 66.9 Å². The van der Waals surface area contributed by atoms with Gasteiger partial charge in [-0.25, -0.2) is 9.59 Å². The molecule has 0 aliphatic heterocycles. The second-order valence-electron chi connectivity index (χ2n) is 10.8. The van der Waals surface area contributed by atoms with Gasteiger partial charge >= 0.3 is 18.2 Å². The Kier molecular flexibility index (Phi) is 14.0. The predicted molar refractivity (Wildman–Crippen MR) is 148 cm³/mol. The number of ether oxygens (including phenoxy) is 3. The molecule has 39 heavy (non-hydrogen) atoms. The van der Waals surface area contributed by atoms with Crippen LogP contribution >= 0.6 is 0 Å². The van der Waals surface area contributed by atoms with Crippen LogP contribution in [0.1, 0.15) is 85.6 Å². The molecule has 1 rings (SSSR count). The maximum atomic E-state index is 12.7. The van der Waals surface area contributed by atoms with Crippen LogP contribution in [-0.2, 0) is 23.8 Å². The highest BCUT2D eigenvalue weighted by Crippen LogP contribution is 2.18. The number of hydrogen-bond acceptors (Lipinski definition) is 8. The van der Waals surface area contributed by atoms with E-state index in [0.717, 1.165) is 12.8 Å². The van der Waals surface area contributed by atoms with E-state index in [9.17, 15) is 19.2 Å². The quantitative estimate of drug-likeness (QED) is 0.0927. The van der Waals surface area contributed by atoms with E-state index in [2.05, 4.69) is 20.9 Å². The molecule has 1 atom stereocenters. The minimum Gasteiger partial charge on any atom is -0.465 e. The lowest BCUT2D eigenvalue weighted by molar-refractivity contribution is -0.148. The number of alkyl carbamates (subject to hydrolysis) is 2. The van der Waals surface area contributed by atoms with E-state index in [1.165, 1.54) is 0 Å². The topological polar surface area (TPSA) is 144 Å². The van der Waals surface area contributed by atoms with Gasteiger partial charge in [0, 0.05) is 13.1 Å². The maximum Gasteiger partial charge on any atom is 0.414 e. The Morgan fingerprint density at radius 2 is 1.36 bits per heavy atom. The third-order valence-corrected chi connectivity index (χ3v) is 4.81. The van der Waals surface area contributed by atoms with Gasteiger partial charge < -0.3 is 19.5 Å². The van der Waals surface area contributed by atoms with Gasteiger partial charge in [0.15, 0.2) is 5.92 Å². The largest absolute Gasteiger partial charge is 0.465 e. The van der Waals surface area contributed by atoms with Gasteiger partial charge in [-0.1, -0.05) is 43.2 Å². The Balaban J connectivity index is 2.54. The number of guanidine groups is 1. The van der Waals surface area contributed by atoms with Crippen LogP contribution in [0.5, 0.6) is 0 Å². The molecule has 3 N–H and O–H groups in total. The number of amides is 3. The molecule has 11 heteroatoms. The monoisotopic (exact) mass is 548 g/mol. The zero-order valence-electron chi connectivity index (χ0n) is 24.2. The van der Waals surface area contributed by atoms with E-state index >= 15 is 0 Å². The highest BCUT2D eigenvalue weighted by Gasteiger charge is 2.29. The molecule has 1 unspecified atom stereocenters. The molecule has 218 valence electrons. The van der Waals surface area contributed by atoms with Crippen molar-refractivity contribution in [2.24, 2.45) is 4.99 Å². The summed E-state index contributed by atoms with van der Waals surface area (Å²) in [5, 5.41) is 7.72. The molecule has 0 heterocycles. The number of aliphatic imine (C=N–C) groups is 1. The first-order valence-electron chi connectivity index (χ1n) is 13.3. The zero-order chi connectivity index (χ0) is 29.5. The summed E-state index contributed by atoms with van der Waals surface area (Å²) in [4.78, 5) is 53.6. The lowest BCUT2D eigenvalue weighted by Gasteiger charge is -2.22. The standard InChI is InChI=1S/C28H44N4O7/c1-8-37-23(34)21(20-16-12-11-13-17-20)22(33)29-18-14-9-10-15-19-30-24(31-25(35)38-27(2,3)4)32-26(36)39-28(5,6)7/h11-13,16-17,21H,8-10,14-15,18-19H2,1-7H3,(H,29,33)(H2,30,31,32,35,36). The van der Waals surface area contributed by atoms with Crippen molar-refractivity contribution >= 4 is 30.0 Å². The third-order valence-electron chi connectivity index (χ3n) is 4.81. The number of carbonyl (C=O) groups excluding carboxylic acids is 4. The van der Waals surface area contributed by atoms with Gasteiger partial charge in [-0.3, -0.25) is 25.2 Å². The lowest BCUT2D eigenvalue weighted by atomic mass is 9.98. The number of nitrogens with zero attached hydrogens (tertiary/aromatic N) is 1. The van der Waals surface area contributed by atoms with E-state index in [-0.39, 0.29) is 12.6 Å². The molecule has 0 saturated heterocycles. The summed E-state index contributed by atoms with van der Waals surface area (Å²) in [5.41, 5.74) is -0.843. The lowest BCUT2D eigenvalue weighted by Crippen LogP contribution is -2.47. The number of esters is 1. The predicted octanol–water partition coefficient (Wildman–Crippen LogP) is 4.42. The first kappa shape index (κ1) is 33.4. The first-order valence-corrected chi connectivity index (χ1v) is 13.3. The van der Waals surface area contributed by atoms with Gasteiger partial charge in [-0.15, -0.1) is 0 Å². The van der Waals surface area contributed by atoms with Crippen molar-refractivity contribution in [1.82, 2.24) is 16.0 Å². The van der Waals surface area contributed by atoms with Crippen LogP contribution in [0.15, 0.2) is 35.3 Å². The van der Waals surface area contributed by atoms with Crippen molar-refractivity contribution in [2.75, 3.05) is 19.7 Å². The Hall–Kier alpha value is -3.63. The number of carbonyl (C=O) groups is 4. The van der Waals surface area contributed by atoms with Crippen molar-refractivity contribution < 1.29 is 33.4 Å². The van der Waals surface area contributed by atoms with Gasteiger partial charge in [-0.2, -0.15) is 0 Å². The fourth-order valence-electron chi connectivity index (χ4n) is 3.27. The normalized spacial score (nSPS) is 12.0. The van der Waals surface area contributed by atoms with E-state index in [0.29, 0.717) is 31.5 Å². The summed E-state index contributed by atoms with van der Waals surface area (Å²) in [7, 11) is 0. The molecule has 0 aliphatic carbocycles. The van der Waals surface area contributed by atoms with Crippen LogP contribution in [0.25, 0.3) is 0 Å². The van der Waals surface area contributed by atoms with Crippen molar-refractivity contribution in [3.05, 3.63) is 35.9 Å². The van der Waals surface area contributed by atoms with Crippen molar-refractivity contribution in [3.63, 3.8) is 0 Å². The fourth-order valence-corrected chi connectivity index (χ4v) is 3.27. The summed E-state index contributed by atoms with van der Waals surface area (Å²) < 4.78 is 15.5. The van der Waals surface area contributed by atoms with Crippen LogP contribution in [0, 0.1) is 0 Å². The second-order valence-corrected chi connectivity index (χ2v) is 10.8. The summed E-state index contributed by atoms with van der Waals surface area (Å²) in [6, 6.07) is 8.82. The number of hydrogen-bond donors (Lipinski definition) is 3. The average Bonchev–Trinajstić information content (AvgIpc) is 2.79. The van der Waals surface area contributed by atoms with Crippen LogP contribution in [0.4, 0.5) is 9.59 Å². The molecular weight excluding hydrogens is 504 g/mol. The Labute approximate surface area is 231 Å². The molecule has 0 fully saturated rings. The minimum absolute atomic E-state index is 0.0586. The van der Waals surface area contributed by atoms with E-state index in [1.807, 2.05) is 6.07 Å². The Morgan fingerprint density at radius 1 is 0.821 bits per heavy atom. The smallest absolute Gasteiger partial charge is 0.414 e. The molecule has 1 aromatic rings. The molecule has 1 aromatic carbocycles. The van der Waals surface area contributed by atoms with E-state index in [4.69, 9.17) is 14.2 Å². The van der Waals surface area contributed by atoms with Gasteiger partial charge in [0.2, 0.25) is 11.9 Å².